The van der Waals surface area contributed by atoms with Gasteiger partial charge in [-0.1, -0.05) is 104 Å². The van der Waals surface area contributed by atoms with Crippen LogP contribution in [-0.2, 0) is 57.0 Å². The lowest BCUT2D eigenvalue weighted by Crippen LogP contribution is -2.76. The third kappa shape index (κ3) is 11.1. The fourth-order valence-electron chi connectivity index (χ4n) is 17.2. The van der Waals surface area contributed by atoms with Gasteiger partial charge in [0.25, 0.3) is 0 Å². The van der Waals surface area contributed by atoms with Crippen LogP contribution in [0.2, 0.25) is 0 Å². The quantitative estimate of drug-likeness (QED) is 0.0347. The summed E-state index contributed by atoms with van der Waals surface area (Å²) in [5.74, 6) is -3.64. The average molecular weight is 1220 g/mol. The van der Waals surface area contributed by atoms with Crippen molar-refractivity contribution in [3.63, 3.8) is 0 Å². The van der Waals surface area contributed by atoms with E-state index in [-0.39, 0.29) is 11.8 Å². The predicted molar refractivity (Wildman–Crippen MR) is 302 cm³/mol. The van der Waals surface area contributed by atoms with Crippen molar-refractivity contribution < 1.29 is 113 Å². The number of aliphatic hydroxyl groups excluding tert-OH is 11. The number of carbonyl (C=O) groups is 3. The molecule has 4 saturated carbocycles. The second-order valence-electron chi connectivity index (χ2n) is 27.7. The standard InChI is InChI=1S/C63H94O23/c1-11-30(2)54(77)86-53-52(83-41(69)20-17-32-15-13-12-14-16-32)58(4,5)25-34-33-18-19-39-60(8)23-22-40(59(6,7)38(60)21-24-61(39,9)62(33,10)50(75)51(76)63(34,53)29-67)82-57-49(85-56-46(74)44(72)42(70)35(26-64)79-56)48(78-31(3)68)47(37(28-66)81-57)84-55-45(73)43(71)36(27-65)80-55/h12-18,20,30,34-40,42-53,55-57,64-67,70-76H,11,19,21-29H2,1-10H3/b20-17+/t30?,34-,35+,36-,37+,38-,39+,40-,42+,43-,44-,45+,46+,47+,48-,49+,50-,51+,52-,53-,55-,56-,57-,60-,61+,62-,63-/m0/s1. The maximum absolute atomic E-state index is 14.1. The highest BCUT2D eigenvalue weighted by Gasteiger charge is 2.76. The molecule has 0 radical (unpaired) electrons. The van der Waals surface area contributed by atoms with E-state index in [4.69, 9.17) is 42.6 Å². The third-order valence-corrected chi connectivity index (χ3v) is 22.4. The molecule has 23 nitrogen and oxygen atoms in total. The molecule has 1 aromatic carbocycles. The Morgan fingerprint density at radius 3 is 1.85 bits per heavy atom. The molecule has 5 aliphatic carbocycles. The highest BCUT2D eigenvalue weighted by atomic mass is 16.8. The average Bonchev–Trinajstić information content (AvgIpc) is 0.716. The second kappa shape index (κ2) is 25.3. The maximum Gasteiger partial charge on any atom is 0.331 e. The van der Waals surface area contributed by atoms with Gasteiger partial charge in [0, 0.05) is 23.8 Å². The Labute approximate surface area is 502 Å². The Bertz CT molecular complexity index is 2610. The molecular formula is C63H94O23. The summed E-state index contributed by atoms with van der Waals surface area (Å²) in [4.78, 5) is 41.0. The maximum atomic E-state index is 14.1. The van der Waals surface area contributed by atoms with Crippen molar-refractivity contribution in [2.75, 3.05) is 26.4 Å². The molecule has 9 rings (SSSR count). The van der Waals surface area contributed by atoms with E-state index < -0.39 is 205 Å². The number of aliphatic hydroxyl groups is 11. The Balaban J connectivity index is 1.04. The monoisotopic (exact) mass is 1220 g/mol. The number of esters is 3. The van der Waals surface area contributed by atoms with E-state index in [1.54, 1.807) is 13.0 Å². The van der Waals surface area contributed by atoms with Crippen molar-refractivity contribution in [3.8, 4) is 0 Å². The van der Waals surface area contributed by atoms with Crippen LogP contribution < -0.4 is 0 Å². The molecule has 27 atom stereocenters. The first-order chi connectivity index (χ1) is 40.5. The molecule has 8 aliphatic rings. The first-order valence-electron chi connectivity index (χ1n) is 30.6. The van der Waals surface area contributed by atoms with Gasteiger partial charge in [-0.25, -0.2) is 4.79 Å². The molecular weight excluding hydrogens is 1120 g/mol. The number of hydrogen-bond donors (Lipinski definition) is 11. The van der Waals surface area contributed by atoms with Gasteiger partial charge in [-0.3, -0.25) is 9.59 Å². The van der Waals surface area contributed by atoms with Crippen molar-refractivity contribution >= 4 is 24.0 Å². The first kappa shape index (κ1) is 66.8. The Morgan fingerprint density at radius 1 is 0.663 bits per heavy atom. The molecule has 23 heteroatoms. The highest BCUT2D eigenvalue weighted by molar-refractivity contribution is 5.87. The molecule has 0 amide bonds. The zero-order chi connectivity index (χ0) is 63.0. The largest absolute Gasteiger partial charge is 0.457 e. The number of allylic oxidation sites excluding steroid dienone is 1. The van der Waals surface area contributed by atoms with Crippen LogP contribution >= 0.6 is 0 Å². The minimum atomic E-state index is -1.95. The molecule has 0 bridgehead atoms. The summed E-state index contributed by atoms with van der Waals surface area (Å²) in [5.41, 5.74) is -4.04. The van der Waals surface area contributed by atoms with Crippen LogP contribution in [0.15, 0.2) is 48.1 Å². The van der Waals surface area contributed by atoms with Gasteiger partial charge in [0.1, 0.15) is 61.0 Å². The summed E-state index contributed by atoms with van der Waals surface area (Å²) in [6.07, 6.45) is -21.0. The van der Waals surface area contributed by atoms with Gasteiger partial charge < -0.3 is 98.8 Å². The van der Waals surface area contributed by atoms with E-state index in [1.165, 1.54) is 6.08 Å². The first-order valence-corrected chi connectivity index (χ1v) is 30.6. The number of carbonyl (C=O) groups excluding carboxylic acids is 3. The molecule has 11 N–H and O–H groups in total. The van der Waals surface area contributed by atoms with E-state index in [0.717, 1.165) is 18.1 Å². The zero-order valence-corrected chi connectivity index (χ0v) is 51.0. The third-order valence-electron chi connectivity index (χ3n) is 22.4. The van der Waals surface area contributed by atoms with Gasteiger partial charge in [0.15, 0.2) is 37.2 Å². The Hall–Kier alpha value is -3.57. The summed E-state index contributed by atoms with van der Waals surface area (Å²) >= 11 is 0. The minimum Gasteiger partial charge on any atom is -0.457 e. The molecule has 1 unspecified atom stereocenters. The highest BCUT2D eigenvalue weighted by Crippen LogP contribution is 2.76. The summed E-state index contributed by atoms with van der Waals surface area (Å²) in [6.45, 7) is 16.1. The number of ether oxygens (including phenoxy) is 9. The second-order valence-corrected chi connectivity index (χ2v) is 27.7. The van der Waals surface area contributed by atoms with Crippen LogP contribution in [0.4, 0.5) is 0 Å². The van der Waals surface area contributed by atoms with Crippen molar-refractivity contribution in [2.24, 2.45) is 56.2 Å². The Morgan fingerprint density at radius 2 is 1.26 bits per heavy atom. The molecule has 0 aromatic heterocycles. The van der Waals surface area contributed by atoms with Crippen LogP contribution in [0.3, 0.4) is 0 Å². The van der Waals surface area contributed by atoms with Crippen LogP contribution in [-0.4, -0.2) is 217 Å². The van der Waals surface area contributed by atoms with Crippen molar-refractivity contribution in [2.45, 2.75) is 231 Å². The lowest BCUT2D eigenvalue weighted by molar-refractivity contribution is -0.387. The molecule has 86 heavy (non-hydrogen) atoms. The lowest BCUT2D eigenvalue weighted by Gasteiger charge is -2.73. The Kier molecular flexibility index (Phi) is 19.6. The molecule has 0 spiro atoms. The lowest BCUT2D eigenvalue weighted by atomic mass is 9.32. The van der Waals surface area contributed by atoms with Gasteiger partial charge in [0.05, 0.1) is 56.1 Å². The van der Waals surface area contributed by atoms with Gasteiger partial charge in [-0.05, 0) is 90.6 Å². The van der Waals surface area contributed by atoms with E-state index in [9.17, 15) is 70.6 Å². The summed E-state index contributed by atoms with van der Waals surface area (Å²) in [6, 6.07) is 9.20. The van der Waals surface area contributed by atoms with E-state index in [2.05, 4.69) is 33.8 Å². The molecule has 484 valence electrons. The van der Waals surface area contributed by atoms with Crippen LogP contribution in [0.5, 0.6) is 0 Å². The molecule has 1 aromatic rings. The fourth-order valence-corrected chi connectivity index (χ4v) is 17.2. The predicted octanol–water partition coefficient (Wildman–Crippen LogP) is 1.57. The summed E-state index contributed by atoms with van der Waals surface area (Å²) in [5, 5.41) is 124. The topological polar surface area (TPSA) is 357 Å². The number of rotatable bonds is 17. The van der Waals surface area contributed by atoms with E-state index in [0.29, 0.717) is 44.9 Å². The minimum absolute atomic E-state index is 0.105. The van der Waals surface area contributed by atoms with E-state index >= 15 is 0 Å². The van der Waals surface area contributed by atoms with Crippen LogP contribution in [0.25, 0.3) is 6.08 Å². The molecule has 3 aliphatic heterocycles. The van der Waals surface area contributed by atoms with Gasteiger partial charge >= 0.3 is 17.9 Å². The van der Waals surface area contributed by atoms with Gasteiger partial charge in [-0.2, -0.15) is 0 Å². The zero-order valence-electron chi connectivity index (χ0n) is 51.0. The van der Waals surface area contributed by atoms with Crippen LogP contribution in [0, 0.1) is 56.2 Å². The normalized spacial score (nSPS) is 46.4. The number of hydrogen-bond acceptors (Lipinski definition) is 23. The number of fused-ring (bicyclic) bond motifs is 7. The van der Waals surface area contributed by atoms with Crippen molar-refractivity contribution in [1.82, 2.24) is 0 Å². The molecule has 3 saturated heterocycles. The molecule has 7 fully saturated rings. The van der Waals surface area contributed by atoms with Crippen LogP contribution in [0.1, 0.15) is 120 Å². The SMILES string of the molecule is CCC(C)C(=O)O[C@H]1[C@H](OC(=O)/C=C/c2ccccc2)C(C)(C)C[C@H]2C3=CC[C@@H]4[C@@]5(C)CC[C@H](O[C@@H]6O[C@H](CO)[C@@H](O[C@@H]7O[C@@H](CO)[C@H](O)[C@H]7O)[C@H](OC(C)=O)[C@H]6O[C@@H]6O[C@H](CO)[C@@H](O)[C@H](O)[C@H]6O)C(C)(C)[C@@H]5CC[C@@]4(C)[C@]3(C)[C@@H](O)[C@@H](O)[C@]21CO. The fraction of sp³-hybridized carbons (Fsp3) is 0.794. The van der Waals surface area contributed by atoms with Gasteiger partial charge in [0.2, 0.25) is 0 Å². The van der Waals surface area contributed by atoms with Crippen molar-refractivity contribution in [3.05, 3.63) is 53.6 Å². The van der Waals surface area contributed by atoms with Crippen molar-refractivity contribution in [1.29, 1.82) is 0 Å². The van der Waals surface area contributed by atoms with Gasteiger partial charge in [-0.15, -0.1) is 0 Å². The summed E-state index contributed by atoms with van der Waals surface area (Å²) < 4.78 is 56.2. The molecule has 3 heterocycles. The smallest absolute Gasteiger partial charge is 0.331 e. The van der Waals surface area contributed by atoms with E-state index in [1.807, 2.05) is 58.0 Å². The number of benzene rings is 1. The summed E-state index contributed by atoms with van der Waals surface area (Å²) in [7, 11) is 0.